The van der Waals surface area contributed by atoms with Crippen LogP contribution in [0, 0.1) is 11.8 Å². The fourth-order valence-electron chi connectivity index (χ4n) is 3.61. The Bertz CT molecular complexity index is 690. The van der Waals surface area contributed by atoms with Crippen LogP contribution in [0.1, 0.15) is 43.7 Å². The Balaban J connectivity index is 1.84. The standard InChI is InChI=1S/C20H33N3O2S/c1-16-5-7-18(8-6-16)14-23(3)20(21-2)22-13-17-9-11-19(12-10-17)15-26(4,24)25/h9-12,16,18H,5-8,13-15H2,1-4H3,(H,21,22). The Kier molecular flexibility index (Phi) is 7.50. The van der Waals surface area contributed by atoms with Crippen LogP contribution >= 0.6 is 0 Å². The van der Waals surface area contributed by atoms with Crippen LogP contribution in [0.15, 0.2) is 29.3 Å². The summed E-state index contributed by atoms with van der Waals surface area (Å²) < 4.78 is 22.7. The molecule has 146 valence electrons. The molecule has 0 atom stereocenters. The van der Waals surface area contributed by atoms with Crippen LogP contribution in [-0.4, -0.2) is 46.2 Å². The Labute approximate surface area is 158 Å². The second-order valence-electron chi connectivity index (χ2n) is 7.79. The molecule has 1 saturated carbocycles. The fraction of sp³-hybridized carbons (Fsp3) is 0.650. The molecular weight excluding hydrogens is 346 g/mol. The van der Waals surface area contributed by atoms with Gasteiger partial charge in [-0.25, -0.2) is 8.42 Å². The number of aliphatic imine (C=N–C) groups is 1. The number of sulfone groups is 1. The number of guanidine groups is 1. The summed E-state index contributed by atoms with van der Waals surface area (Å²) in [7, 11) is 0.926. The molecule has 1 N–H and O–H groups in total. The summed E-state index contributed by atoms with van der Waals surface area (Å²) >= 11 is 0. The van der Waals surface area contributed by atoms with Gasteiger partial charge in [0.2, 0.25) is 0 Å². The summed E-state index contributed by atoms with van der Waals surface area (Å²) in [5, 5.41) is 3.41. The zero-order valence-corrected chi connectivity index (χ0v) is 17.3. The van der Waals surface area contributed by atoms with E-state index in [-0.39, 0.29) is 5.75 Å². The Morgan fingerprint density at radius 3 is 2.27 bits per heavy atom. The molecule has 0 aromatic heterocycles. The van der Waals surface area contributed by atoms with Crippen molar-refractivity contribution in [1.29, 1.82) is 0 Å². The summed E-state index contributed by atoms with van der Waals surface area (Å²) in [6.07, 6.45) is 6.55. The minimum atomic E-state index is -2.99. The lowest BCUT2D eigenvalue weighted by Gasteiger charge is -2.31. The number of rotatable bonds is 6. The highest BCUT2D eigenvalue weighted by Gasteiger charge is 2.20. The maximum Gasteiger partial charge on any atom is 0.193 e. The quantitative estimate of drug-likeness (QED) is 0.609. The molecule has 1 fully saturated rings. The first kappa shape index (κ1) is 20.7. The fourth-order valence-corrected chi connectivity index (χ4v) is 4.41. The lowest BCUT2D eigenvalue weighted by atomic mass is 9.83. The van der Waals surface area contributed by atoms with Gasteiger partial charge in [-0.1, -0.05) is 44.0 Å². The van der Waals surface area contributed by atoms with Gasteiger partial charge < -0.3 is 10.2 Å². The predicted octanol–water partition coefficient (Wildman–Crippen LogP) is 3.06. The monoisotopic (exact) mass is 379 g/mol. The van der Waals surface area contributed by atoms with Crippen molar-refractivity contribution in [2.45, 2.75) is 44.9 Å². The highest BCUT2D eigenvalue weighted by molar-refractivity contribution is 7.89. The predicted molar refractivity (Wildman–Crippen MR) is 109 cm³/mol. The molecule has 1 aromatic rings. The maximum absolute atomic E-state index is 11.4. The zero-order valence-electron chi connectivity index (χ0n) is 16.5. The highest BCUT2D eigenvalue weighted by atomic mass is 32.2. The van der Waals surface area contributed by atoms with Crippen molar-refractivity contribution >= 4 is 15.8 Å². The number of benzene rings is 1. The first-order valence-corrected chi connectivity index (χ1v) is 11.5. The van der Waals surface area contributed by atoms with E-state index < -0.39 is 9.84 Å². The third-order valence-corrected chi connectivity index (χ3v) is 6.00. The summed E-state index contributed by atoms with van der Waals surface area (Å²) in [5.41, 5.74) is 1.94. The van der Waals surface area contributed by atoms with Crippen molar-refractivity contribution in [3.05, 3.63) is 35.4 Å². The molecule has 0 spiro atoms. The Hall–Kier alpha value is -1.56. The van der Waals surface area contributed by atoms with Crippen LogP contribution in [0.3, 0.4) is 0 Å². The molecule has 1 aliphatic carbocycles. The summed E-state index contributed by atoms with van der Waals surface area (Å²) in [6, 6.07) is 7.72. The molecule has 0 heterocycles. The molecule has 1 aliphatic rings. The molecular formula is C20H33N3O2S. The number of nitrogens with zero attached hydrogens (tertiary/aromatic N) is 2. The zero-order chi connectivity index (χ0) is 19.2. The van der Waals surface area contributed by atoms with Crippen LogP contribution in [0.5, 0.6) is 0 Å². The second-order valence-corrected chi connectivity index (χ2v) is 9.93. The van der Waals surface area contributed by atoms with Gasteiger partial charge in [-0.3, -0.25) is 4.99 Å². The SMILES string of the molecule is CN=C(NCc1ccc(CS(C)(=O)=O)cc1)N(C)CC1CCC(C)CC1. The molecule has 1 aromatic carbocycles. The lowest BCUT2D eigenvalue weighted by Crippen LogP contribution is -2.41. The van der Waals surface area contributed by atoms with E-state index >= 15 is 0 Å². The summed E-state index contributed by atoms with van der Waals surface area (Å²) in [4.78, 5) is 6.62. The Morgan fingerprint density at radius 1 is 1.15 bits per heavy atom. The molecule has 0 amide bonds. The molecule has 6 heteroatoms. The average molecular weight is 380 g/mol. The van der Waals surface area contributed by atoms with E-state index in [0.29, 0.717) is 6.54 Å². The number of hydrogen-bond acceptors (Lipinski definition) is 3. The lowest BCUT2D eigenvalue weighted by molar-refractivity contribution is 0.250. The smallest absolute Gasteiger partial charge is 0.193 e. The number of hydrogen-bond donors (Lipinski definition) is 1. The van der Waals surface area contributed by atoms with Crippen LogP contribution in [0.25, 0.3) is 0 Å². The average Bonchev–Trinajstić information content (AvgIpc) is 2.57. The van der Waals surface area contributed by atoms with Crippen molar-refractivity contribution in [3.63, 3.8) is 0 Å². The van der Waals surface area contributed by atoms with E-state index in [9.17, 15) is 8.42 Å². The van der Waals surface area contributed by atoms with Crippen molar-refractivity contribution in [3.8, 4) is 0 Å². The van der Waals surface area contributed by atoms with Gasteiger partial charge in [0.15, 0.2) is 15.8 Å². The first-order valence-electron chi connectivity index (χ1n) is 9.44. The van der Waals surface area contributed by atoms with E-state index in [1.165, 1.54) is 31.9 Å². The Morgan fingerprint density at radius 2 is 1.73 bits per heavy atom. The van der Waals surface area contributed by atoms with Gasteiger partial charge in [-0.05, 0) is 35.8 Å². The minimum Gasteiger partial charge on any atom is -0.352 e. The van der Waals surface area contributed by atoms with Gasteiger partial charge in [-0.2, -0.15) is 0 Å². The number of nitrogens with one attached hydrogen (secondary N) is 1. The van der Waals surface area contributed by atoms with Crippen LogP contribution in [0.2, 0.25) is 0 Å². The normalized spacial score (nSPS) is 21.5. The molecule has 2 rings (SSSR count). The third-order valence-electron chi connectivity index (χ3n) is 5.14. The molecule has 0 radical (unpaired) electrons. The topological polar surface area (TPSA) is 61.8 Å². The first-order chi connectivity index (χ1) is 12.3. The molecule has 0 unspecified atom stereocenters. The van der Waals surface area contributed by atoms with Gasteiger partial charge in [0.25, 0.3) is 0 Å². The van der Waals surface area contributed by atoms with Crippen molar-refractivity contribution < 1.29 is 8.42 Å². The molecule has 0 saturated heterocycles. The summed E-state index contributed by atoms with van der Waals surface area (Å²) in [5.74, 6) is 2.62. The third kappa shape index (κ3) is 6.98. The minimum absolute atomic E-state index is 0.0884. The molecule has 26 heavy (non-hydrogen) atoms. The maximum atomic E-state index is 11.4. The van der Waals surface area contributed by atoms with Gasteiger partial charge in [0.05, 0.1) is 5.75 Å². The van der Waals surface area contributed by atoms with Crippen molar-refractivity contribution in [2.75, 3.05) is 26.9 Å². The molecule has 5 nitrogen and oxygen atoms in total. The van der Waals surface area contributed by atoms with E-state index in [1.807, 2.05) is 31.3 Å². The van der Waals surface area contributed by atoms with Gasteiger partial charge in [0, 0.05) is 33.4 Å². The summed E-state index contributed by atoms with van der Waals surface area (Å²) in [6.45, 7) is 4.07. The van der Waals surface area contributed by atoms with Crippen LogP contribution in [0.4, 0.5) is 0 Å². The van der Waals surface area contributed by atoms with E-state index in [0.717, 1.165) is 35.5 Å². The molecule has 0 bridgehead atoms. The van der Waals surface area contributed by atoms with Gasteiger partial charge >= 0.3 is 0 Å². The highest BCUT2D eigenvalue weighted by Crippen LogP contribution is 2.28. The van der Waals surface area contributed by atoms with Gasteiger partial charge in [-0.15, -0.1) is 0 Å². The largest absolute Gasteiger partial charge is 0.352 e. The molecule has 0 aliphatic heterocycles. The van der Waals surface area contributed by atoms with Crippen LogP contribution < -0.4 is 5.32 Å². The van der Waals surface area contributed by atoms with Crippen molar-refractivity contribution in [1.82, 2.24) is 10.2 Å². The van der Waals surface area contributed by atoms with E-state index in [4.69, 9.17) is 0 Å². The van der Waals surface area contributed by atoms with Crippen LogP contribution in [-0.2, 0) is 22.1 Å². The van der Waals surface area contributed by atoms with E-state index in [1.54, 1.807) is 0 Å². The van der Waals surface area contributed by atoms with Gasteiger partial charge in [0.1, 0.15) is 0 Å². The second kappa shape index (κ2) is 9.40. The van der Waals surface area contributed by atoms with Crippen molar-refractivity contribution in [2.24, 2.45) is 16.8 Å². The van der Waals surface area contributed by atoms with E-state index in [2.05, 4.69) is 29.2 Å².